The zero-order valence-corrected chi connectivity index (χ0v) is 11.8. The predicted molar refractivity (Wildman–Crippen MR) is 48.3 cm³/mol. The SMILES string of the molecule is CC[N](CC)[Nd][N](CC)CC.F. The van der Waals surface area contributed by atoms with E-state index in [1.165, 1.54) is 26.2 Å². The van der Waals surface area contributed by atoms with Gasteiger partial charge in [-0.15, -0.1) is 0 Å². The fraction of sp³-hybridized carbons (Fsp3) is 1.00. The fourth-order valence-electron chi connectivity index (χ4n) is 0.930. The molecule has 0 aromatic heterocycles. The summed E-state index contributed by atoms with van der Waals surface area (Å²) in [6.07, 6.45) is 0. The van der Waals surface area contributed by atoms with E-state index >= 15 is 0 Å². The maximum Gasteiger partial charge on any atom is -0.269 e. The molecule has 0 radical (unpaired) electrons. The molecular weight excluding hydrogens is 287 g/mol. The van der Waals surface area contributed by atoms with E-state index in [-0.39, 0.29) is 4.70 Å². The van der Waals surface area contributed by atoms with Crippen molar-refractivity contribution in [3.63, 3.8) is 0 Å². The molecule has 0 aliphatic carbocycles. The van der Waals surface area contributed by atoms with Gasteiger partial charge in [0, 0.05) is 0 Å². The summed E-state index contributed by atoms with van der Waals surface area (Å²) in [7, 11) is 0. The summed E-state index contributed by atoms with van der Waals surface area (Å²) in [5, 5.41) is 0. The van der Waals surface area contributed by atoms with Crippen LogP contribution in [0.5, 0.6) is 0 Å². The molecule has 12 heavy (non-hydrogen) atoms. The smallest absolute Gasteiger partial charge is 0.269 e. The van der Waals surface area contributed by atoms with Gasteiger partial charge in [-0.3, -0.25) is 4.70 Å². The third-order valence-corrected chi connectivity index (χ3v) is 7.68. The molecule has 0 unspecified atom stereocenters. The van der Waals surface area contributed by atoms with Crippen molar-refractivity contribution in [2.24, 2.45) is 0 Å². The monoisotopic (exact) mass is 306 g/mol. The number of hydrogen-bond acceptors (Lipinski definition) is 2. The Morgan fingerprint density at radius 2 is 1.00 bits per heavy atom. The Kier molecular flexibility index (Phi) is 13.4. The third kappa shape index (κ3) is 6.69. The van der Waals surface area contributed by atoms with Crippen LogP contribution in [0.3, 0.4) is 0 Å². The van der Waals surface area contributed by atoms with Gasteiger partial charge in [-0.2, -0.15) is 0 Å². The summed E-state index contributed by atoms with van der Waals surface area (Å²) in [5.74, 6) is 0. The number of hydrogen-bond donors (Lipinski definition) is 0. The van der Waals surface area contributed by atoms with Crippen molar-refractivity contribution in [1.29, 1.82) is 0 Å². The van der Waals surface area contributed by atoms with Gasteiger partial charge in [-0.1, -0.05) is 0 Å². The zero-order valence-electron chi connectivity index (χ0n) is 8.63. The second-order valence-corrected chi connectivity index (χ2v) is 7.14. The molecule has 0 heterocycles. The van der Waals surface area contributed by atoms with Gasteiger partial charge < -0.3 is 0 Å². The van der Waals surface area contributed by atoms with Crippen LogP contribution in [-0.2, 0) is 0 Å². The molecule has 2 nitrogen and oxygen atoms in total. The van der Waals surface area contributed by atoms with Crippen LogP contribution in [0, 0.1) is 37.5 Å². The van der Waals surface area contributed by atoms with E-state index in [0.29, 0.717) is 0 Å². The fourth-order valence-corrected chi connectivity index (χ4v) is 4.03. The van der Waals surface area contributed by atoms with Crippen molar-refractivity contribution < 1.29 is 42.2 Å². The Morgan fingerprint density at radius 3 is 1.17 bits per heavy atom. The van der Waals surface area contributed by atoms with Crippen LogP contribution >= 0.6 is 0 Å². The second kappa shape index (κ2) is 10.3. The molecule has 0 amide bonds. The molecular formula is C8H21FN2Nd. The van der Waals surface area contributed by atoms with E-state index in [1.54, 1.807) is 0 Å². The zero-order chi connectivity index (χ0) is 8.69. The van der Waals surface area contributed by atoms with E-state index in [4.69, 9.17) is 0 Å². The van der Waals surface area contributed by atoms with Gasteiger partial charge in [-0.05, 0) is 0 Å². The van der Waals surface area contributed by atoms with Gasteiger partial charge in [0.15, 0.2) is 0 Å². The summed E-state index contributed by atoms with van der Waals surface area (Å²) in [6.45, 7) is 14.0. The standard InChI is InChI=1S/2C4H10N.FH.Nd/c2*1-3-5-4-2;;/h2*3-4H2,1-2H3;1H;/q2*-1;;+2. The van der Waals surface area contributed by atoms with Crippen LogP contribution in [-0.4, -0.2) is 28.1 Å². The number of nitrogens with zero attached hydrogens (tertiary/aromatic N) is 2. The summed E-state index contributed by atoms with van der Waals surface area (Å²) in [6, 6.07) is 0. The minimum atomic E-state index is -0.582. The van der Waals surface area contributed by atoms with E-state index in [1.807, 2.05) is 0 Å². The van der Waals surface area contributed by atoms with Crippen LogP contribution in [0.4, 0.5) is 4.70 Å². The van der Waals surface area contributed by atoms with Gasteiger partial charge in [0.1, 0.15) is 0 Å². The summed E-state index contributed by atoms with van der Waals surface area (Å²) >= 11 is -0.582. The average molecular weight is 309 g/mol. The van der Waals surface area contributed by atoms with Crippen molar-refractivity contribution in [2.75, 3.05) is 26.2 Å². The largest absolute Gasteiger partial charge is 0.269 e. The number of halogens is 1. The van der Waals surface area contributed by atoms with Gasteiger partial charge in [0.25, 0.3) is 0 Å². The first-order valence-electron chi connectivity index (χ1n) is 4.54. The molecule has 0 fully saturated rings. The van der Waals surface area contributed by atoms with Crippen LogP contribution < -0.4 is 0 Å². The molecule has 0 N–H and O–H groups in total. The molecule has 74 valence electrons. The molecule has 0 aromatic carbocycles. The van der Waals surface area contributed by atoms with E-state index in [9.17, 15) is 0 Å². The number of rotatable bonds is 6. The molecule has 0 aromatic rings. The van der Waals surface area contributed by atoms with Crippen molar-refractivity contribution in [1.82, 2.24) is 1.97 Å². The quantitative estimate of drug-likeness (QED) is 0.737. The van der Waals surface area contributed by atoms with Crippen LogP contribution in [0.25, 0.3) is 0 Å². The first kappa shape index (κ1) is 15.7. The van der Waals surface area contributed by atoms with Gasteiger partial charge in [-0.25, -0.2) is 0 Å². The molecule has 0 rings (SSSR count). The normalized spacial score (nSPS) is 10.2. The van der Waals surface area contributed by atoms with Crippen molar-refractivity contribution in [3.05, 3.63) is 0 Å². The molecule has 0 aliphatic rings. The molecule has 4 heteroatoms. The summed E-state index contributed by atoms with van der Waals surface area (Å²) < 4.78 is 5.26. The van der Waals surface area contributed by atoms with Crippen LogP contribution in [0.2, 0.25) is 0 Å². The average Bonchev–Trinajstić information content (AvgIpc) is 2.07. The Labute approximate surface area is 97.1 Å². The molecule has 0 aliphatic heterocycles. The van der Waals surface area contributed by atoms with Crippen molar-refractivity contribution in [3.8, 4) is 0 Å². The molecule has 0 bridgehead atoms. The maximum absolute atomic E-state index is 2.63. The molecule has 0 atom stereocenters. The third-order valence-electron chi connectivity index (χ3n) is 1.81. The first-order valence-corrected chi connectivity index (χ1v) is 7.41. The minimum Gasteiger partial charge on any atom is -0.269 e. The van der Waals surface area contributed by atoms with Gasteiger partial charge >= 0.3 is 93.3 Å². The second-order valence-electron chi connectivity index (χ2n) is 2.44. The van der Waals surface area contributed by atoms with Gasteiger partial charge in [0.2, 0.25) is 0 Å². The van der Waals surface area contributed by atoms with Crippen LogP contribution in [0.15, 0.2) is 0 Å². The van der Waals surface area contributed by atoms with E-state index in [0.717, 1.165) is 0 Å². The topological polar surface area (TPSA) is 6.48 Å². The Balaban J connectivity index is 0. The van der Waals surface area contributed by atoms with E-state index in [2.05, 4.69) is 29.7 Å². The van der Waals surface area contributed by atoms with Crippen molar-refractivity contribution in [2.45, 2.75) is 27.7 Å². The first-order chi connectivity index (χ1) is 5.28. The minimum absolute atomic E-state index is 0. The Hall–Kier alpha value is 1.20. The van der Waals surface area contributed by atoms with E-state index < -0.39 is 37.5 Å². The van der Waals surface area contributed by atoms with Crippen molar-refractivity contribution >= 4 is 0 Å². The Morgan fingerprint density at radius 1 is 0.750 bits per heavy atom. The maximum atomic E-state index is 2.63. The molecule has 0 saturated carbocycles. The molecule has 0 saturated heterocycles. The predicted octanol–water partition coefficient (Wildman–Crippen LogP) is 1.74. The Bertz CT molecular complexity index is 75.1. The summed E-state index contributed by atoms with van der Waals surface area (Å²) in [5.41, 5.74) is 0. The molecule has 0 spiro atoms. The summed E-state index contributed by atoms with van der Waals surface area (Å²) in [4.78, 5) is 0. The van der Waals surface area contributed by atoms with Crippen LogP contribution in [0.1, 0.15) is 27.7 Å². The van der Waals surface area contributed by atoms with Gasteiger partial charge in [0.05, 0.1) is 0 Å².